The fourth-order valence-electron chi connectivity index (χ4n) is 2.81. The highest BCUT2D eigenvalue weighted by atomic mass is 19.1. The van der Waals surface area contributed by atoms with Gasteiger partial charge >= 0.3 is 0 Å². The van der Waals surface area contributed by atoms with Gasteiger partial charge in [0.2, 0.25) is 0 Å². The molecule has 0 saturated heterocycles. The average Bonchev–Trinajstić information content (AvgIpc) is 3.30. The largest absolute Gasteiger partial charge is 0.451 e. The summed E-state index contributed by atoms with van der Waals surface area (Å²) in [6, 6.07) is 15.9. The molecule has 1 fully saturated rings. The average molecular weight is 309 g/mol. The first kappa shape index (κ1) is 14.0. The first-order chi connectivity index (χ1) is 11.2. The molecule has 3 nitrogen and oxygen atoms in total. The molecule has 0 unspecified atom stereocenters. The number of halogens is 1. The van der Waals surface area contributed by atoms with Gasteiger partial charge in [0.15, 0.2) is 5.76 Å². The van der Waals surface area contributed by atoms with E-state index in [1.165, 1.54) is 12.1 Å². The van der Waals surface area contributed by atoms with E-state index >= 15 is 0 Å². The molecule has 0 bridgehead atoms. The maximum absolute atomic E-state index is 13.4. The second-order valence-corrected chi connectivity index (χ2v) is 5.94. The van der Waals surface area contributed by atoms with Crippen molar-refractivity contribution in [2.45, 2.75) is 25.4 Å². The lowest BCUT2D eigenvalue weighted by atomic mass is 10.2. The van der Waals surface area contributed by atoms with E-state index in [1.54, 1.807) is 17.0 Å². The molecule has 2 aromatic carbocycles. The Kier molecular flexibility index (Phi) is 3.37. The summed E-state index contributed by atoms with van der Waals surface area (Å²) in [7, 11) is 0. The molecule has 4 rings (SSSR count). The minimum atomic E-state index is -0.283. The molecule has 1 heterocycles. The van der Waals surface area contributed by atoms with Gasteiger partial charge in [-0.15, -0.1) is 0 Å². The van der Waals surface area contributed by atoms with Crippen LogP contribution in [0.25, 0.3) is 11.0 Å². The smallest absolute Gasteiger partial charge is 0.290 e. The van der Waals surface area contributed by atoms with Crippen molar-refractivity contribution in [3.8, 4) is 0 Å². The fraction of sp³-hybridized carbons (Fsp3) is 0.211. The van der Waals surface area contributed by atoms with Crippen molar-refractivity contribution in [3.05, 3.63) is 71.7 Å². The van der Waals surface area contributed by atoms with Gasteiger partial charge in [-0.1, -0.05) is 30.3 Å². The quantitative estimate of drug-likeness (QED) is 0.716. The van der Waals surface area contributed by atoms with Crippen LogP contribution in [0.2, 0.25) is 0 Å². The van der Waals surface area contributed by atoms with Crippen LogP contribution in [0.15, 0.2) is 59.0 Å². The third-order valence-electron chi connectivity index (χ3n) is 4.13. The number of amides is 1. The molecule has 1 aromatic heterocycles. The van der Waals surface area contributed by atoms with E-state index in [1.807, 2.05) is 30.3 Å². The topological polar surface area (TPSA) is 33.5 Å². The van der Waals surface area contributed by atoms with Crippen LogP contribution >= 0.6 is 0 Å². The second-order valence-electron chi connectivity index (χ2n) is 5.94. The van der Waals surface area contributed by atoms with Crippen molar-refractivity contribution in [3.63, 3.8) is 0 Å². The highest BCUT2D eigenvalue weighted by Crippen LogP contribution is 2.31. The van der Waals surface area contributed by atoms with Crippen LogP contribution in [-0.4, -0.2) is 16.8 Å². The second kappa shape index (κ2) is 5.54. The number of rotatable bonds is 4. The summed E-state index contributed by atoms with van der Waals surface area (Å²) in [5.74, 6) is -0.0723. The zero-order chi connectivity index (χ0) is 15.8. The maximum Gasteiger partial charge on any atom is 0.290 e. The number of nitrogens with zero attached hydrogens (tertiary/aromatic N) is 1. The van der Waals surface area contributed by atoms with Crippen molar-refractivity contribution < 1.29 is 13.6 Å². The Morgan fingerprint density at radius 2 is 1.96 bits per heavy atom. The van der Waals surface area contributed by atoms with Crippen LogP contribution in [0.1, 0.15) is 29.0 Å². The first-order valence-electron chi connectivity index (χ1n) is 7.75. The van der Waals surface area contributed by atoms with Crippen molar-refractivity contribution in [1.82, 2.24) is 4.90 Å². The lowest BCUT2D eigenvalue weighted by Gasteiger charge is -2.21. The van der Waals surface area contributed by atoms with Crippen molar-refractivity contribution >= 4 is 16.9 Å². The minimum absolute atomic E-state index is 0.132. The van der Waals surface area contributed by atoms with Crippen LogP contribution in [0.3, 0.4) is 0 Å². The standard InChI is InChI=1S/C19H16FNO2/c20-15-6-3-4-13(10-15)12-21(16-8-9-16)19(22)18-11-14-5-1-2-7-17(14)23-18/h1-7,10-11,16H,8-9,12H2. The van der Waals surface area contributed by atoms with Gasteiger partial charge in [0, 0.05) is 18.0 Å². The Bertz CT molecular complexity index is 833. The van der Waals surface area contributed by atoms with Gasteiger partial charge in [0.05, 0.1) is 0 Å². The van der Waals surface area contributed by atoms with E-state index in [-0.39, 0.29) is 17.8 Å². The normalized spacial score (nSPS) is 14.1. The molecule has 23 heavy (non-hydrogen) atoms. The number of benzene rings is 2. The van der Waals surface area contributed by atoms with Gasteiger partial charge in [-0.25, -0.2) is 4.39 Å². The lowest BCUT2D eigenvalue weighted by Crippen LogP contribution is -2.32. The van der Waals surface area contributed by atoms with Crippen LogP contribution in [0, 0.1) is 5.82 Å². The van der Waals surface area contributed by atoms with Crippen LogP contribution in [0.5, 0.6) is 0 Å². The summed E-state index contributed by atoms with van der Waals surface area (Å²) in [4.78, 5) is 14.6. The number of carbonyl (C=O) groups is 1. The molecule has 0 N–H and O–H groups in total. The summed E-state index contributed by atoms with van der Waals surface area (Å²) in [6.45, 7) is 0.401. The highest BCUT2D eigenvalue weighted by Gasteiger charge is 2.34. The zero-order valence-electron chi connectivity index (χ0n) is 12.5. The molecule has 0 radical (unpaired) electrons. The summed E-state index contributed by atoms with van der Waals surface area (Å²) in [5.41, 5.74) is 1.50. The van der Waals surface area contributed by atoms with E-state index in [4.69, 9.17) is 4.42 Å². The molecule has 3 aromatic rings. The molecule has 1 aliphatic carbocycles. The molecule has 1 aliphatic rings. The summed E-state index contributed by atoms with van der Waals surface area (Å²) in [6.07, 6.45) is 1.97. The minimum Gasteiger partial charge on any atom is -0.451 e. The zero-order valence-corrected chi connectivity index (χ0v) is 12.5. The summed E-state index contributed by atoms with van der Waals surface area (Å²) < 4.78 is 19.1. The maximum atomic E-state index is 13.4. The summed E-state index contributed by atoms with van der Waals surface area (Å²) in [5, 5.41) is 0.914. The molecule has 0 spiro atoms. The number of para-hydroxylation sites is 1. The van der Waals surface area contributed by atoms with Gasteiger partial charge < -0.3 is 9.32 Å². The van der Waals surface area contributed by atoms with E-state index in [2.05, 4.69) is 0 Å². The van der Waals surface area contributed by atoms with Gasteiger partial charge in [-0.05, 0) is 42.7 Å². The molecule has 116 valence electrons. The van der Waals surface area contributed by atoms with Crippen LogP contribution in [-0.2, 0) is 6.54 Å². The molecule has 1 amide bonds. The third-order valence-corrected chi connectivity index (χ3v) is 4.13. The SMILES string of the molecule is O=C(c1cc2ccccc2o1)N(Cc1cccc(F)c1)C1CC1. The lowest BCUT2D eigenvalue weighted by molar-refractivity contribution is 0.0699. The molecular weight excluding hydrogens is 293 g/mol. The van der Waals surface area contributed by atoms with E-state index in [0.717, 1.165) is 23.8 Å². The first-order valence-corrected chi connectivity index (χ1v) is 7.75. The number of hydrogen-bond acceptors (Lipinski definition) is 2. The van der Waals surface area contributed by atoms with E-state index in [0.29, 0.717) is 17.9 Å². The number of fused-ring (bicyclic) bond motifs is 1. The molecule has 1 saturated carbocycles. The Labute approximate surface area is 133 Å². The van der Waals surface area contributed by atoms with Gasteiger partial charge in [-0.2, -0.15) is 0 Å². The highest BCUT2D eigenvalue weighted by molar-refractivity contribution is 5.96. The molecular formula is C19H16FNO2. The predicted octanol–water partition coefficient (Wildman–Crippen LogP) is 4.38. The molecule has 0 aliphatic heterocycles. The summed E-state index contributed by atoms with van der Waals surface area (Å²) >= 11 is 0. The third kappa shape index (κ3) is 2.84. The number of carbonyl (C=O) groups excluding carboxylic acids is 1. The van der Waals surface area contributed by atoms with Crippen LogP contribution < -0.4 is 0 Å². The van der Waals surface area contributed by atoms with Gasteiger partial charge in [-0.3, -0.25) is 4.79 Å². The monoisotopic (exact) mass is 309 g/mol. The van der Waals surface area contributed by atoms with Gasteiger partial charge in [0.25, 0.3) is 5.91 Å². The number of furan rings is 1. The fourth-order valence-corrected chi connectivity index (χ4v) is 2.81. The van der Waals surface area contributed by atoms with Crippen molar-refractivity contribution in [2.24, 2.45) is 0 Å². The number of hydrogen-bond donors (Lipinski definition) is 0. The van der Waals surface area contributed by atoms with Crippen molar-refractivity contribution in [2.75, 3.05) is 0 Å². The Balaban J connectivity index is 1.63. The van der Waals surface area contributed by atoms with Gasteiger partial charge in [0.1, 0.15) is 11.4 Å². The Morgan fingerprint density at radius 1 is 1.13 bits per heavy atom. The molecule has 4 heteroatoms. The van der Waals surface area contributed by atoms with Crippen LogP contribution in [0.4, 0.5) is 4.39 Å². The molecule has 0 atom stereocenters. The van der Waals surface area contributed by atoms with E-state index in [9.17, 15) is 9.18 Å². The van der Waals surface area contributed by atoms with E-state index < -0.39 is 0 Å². The Hall–Kier alpha value is -2.62. The van der Waals surface area contributed by atoms with Crippen molar-refractivity contribution in [1.29, 1.82) is 0 Å². The predicted molar refractivity (Wildman–Crippen MR) is 85.5 cm³/mol. The Morgan fingerprint density at radius 3 is 2.70 bits per heavy atom.